The summed E-state index contributed by atoms with van der Waals surface area (Å²) in [6.07, 6.45) is 2.31. The van der Waals surface area contributed by atoms with Crippen molar-refractivity contribution in [1.29, 1.82) is 0 Å². The summed E-state index contributed by atoms with van der Waals surface area (Å²) in [5, 5.41) is 2.93. The summed E-state index contributed by atoms with van der Waals surface area (Å²) in [6, 6.07) is 11.4. The summed E-state index contributed by atoms with van der Waals surface area (Å²) in [5.74, 6) is -0.207. The van der Waals surface area contributed by atoms with E-state index in [0.29, 0.717) is 19.5 Å². The number of aromatic nitrogens is 1. The first kappa shape index (κ1) is 16.2. The quantitative estimate of drug-likeness (QED) is 0.939. The second kappa shape index (κ2) is 6.83. The minimum absolute atomic E-state index is 0.0818. The monoisotopic (exact) mass is 323 g/mol. The Bertz CT molecular complexity index is 755. The van der Waals surface area contributed by atoms with Crippen molar-refractivity contribution < 1.29 is 9.59 Å². The van der Waals surface area contributed by atoms with E-state index in [1.54, 1.807) is 11.1 Å². The maximum absolute atomic E-state index is 12.6. The van der Waals surface area contributed by atoms with E-state index in [9.17, 15) is 9.59 Å². The summed E-state index contributed by atoms with van der Waals surface area (Å²) >= 11 is 0. The Morgan fingerprint density at radius 3 is 2.62 bits per heavy atom. The van der Waals surface area contributed by atoms with Gasteiger partial charge in [-0.25, -0.2) is 0 Å². The standard InChI is InChI=1S/C19H21N3O2/c1-13-7-8-15(10-20-13)11-21-19(24)18-9-16-5-3-4-6-17(16)12-22(18)14(2)23/h3-8,10,18H,9,11-12H2,1-2H3,(H,21,24)/t18-/m0/s1. The van der Waals surface area contributed by atoms with E-state index >= 15 is 0 Å². The Kier molecular flexibility index (Phi) is 4.60. The molecule has 5 heteroatoms. The third kappa shape index (κ3) is 3.45. The second-order valence-electron chi connectivity index (χ2n) is 6.16. The zero-order valence-corrected chi connectivity index (χ0v) is 14.0. The topological polar surface area (TPSA) is 62.3 Å². The molecule has 0 unspecified atom stereocenters. The molecule has 1 aliphatic heterocycles. The fourth-order valence-electron chi connectivity index (χ4n) is 3.00. The van der Waals surface area contributed by atoms with Crippen molar-refractivity contribution in [2.45, 2.75) is 39.4 Å². The number of pyridine rings is 1. The van der Waals surface area contributed by atoms with Gasteiger partial charge in [-0.15, -0.1) is 0 Å². The predicted molar refractivity (Wildman–Crippen MR) is 91.0 cm³/mol. The summed E-state index contributed by atoms with van der Waals surface area (Å²) in [7, 11) is 0. The molecule has 0 bridgehead atoms. The van der Waals surface area contributed by atoms with E-state index in [4.69, 9.17) is 0 Å². The molecule has 1 N–H and O–H groups in total. The summed E-state index contributed by atoms with van der Waals surface area (Å²) in [5.41, 5.74) is 4.13. The van der Waals surface area contributed by atoms with Crippen LogP contribution >= 0.6 is 0 Å². The van der Waals surface area contributed by atoms with Crippen LogP contribution in [0.5, 0.6) is 0 Å². The van der Waals surface area contributed by atoms with Crippen LogP contribution in [0.1, 0.15) is 29.3 Å². The van der Waals surface area contributed by atoms with Gasteiger partial charge in [0.2, 0.25) is 11.8 Å². The van der Waals surface area contributed by atoms with Crippen LogP contribution in [0.2, 0.25) is 0 Å². The number of aryl methyl sites for hydroxylation is 1. The van der Waals surface area contributed by atoms with Gasteiger partial charge in [0, 0.05) is 38.3 Å². The maximum atomic E-state index is 12.6. The van der Waals surface area contributed by atoms with Crippen LogP contribution in [0, 0.1) is 6.92 Å². The number of carbonyl (C=O) groups is 2. The van der Waals surface area contributed by atoms with Crippen molar-refractivity contribution in [2.24, 2.45) is 0 Å². The Labute approximate surface area is 141 Å². The molecular weight excluding hydrogens is 302 g/mol. The molecule has 0 fully saturated rings. The fraction of sp³-hybridized carbons (Fsp3) is 0.316. The van der Waals surface area contributed by atoms with E-state index in [1.165, 1.54) is 6.92 Å². The van der Waals surface area contributed by atoms with Crippen molar-refractivity contribution in [3.8, 4) is 0 Å². The zero-order valence-electron chi connectivity index (χ0n) is 14.0. The van der Waals surface area contributed by atoms with Crippen molar-refractivity contribution in [3.63, 3.8) is 0 Å². The third-order valence-corrected chi connectivity index (χ3v) is 4.40. The molecule has 1 aromatic heterocycles. The van der Waals surface area contributed by atoms with Crippen LogP contribution < -0.4 is 5.32 Å². The van der Waals surface area contributed by atoms with E-state index in [0.717, 1.165) is 22.4 Å². The van der Waals surface area contributed by atoms with Gasteiger partial charge in [-0.05, 0) is 29.7 Å². The smallest absolute Gasteiger partial charge is 0.243 e. The van der Waals surface area contributed by atoms with Crippen LogP contribution in [-0.2, 0) is 29.1 Å². The minimum atomic E-state index is -0.462. The summed E-state index contributed by atoms with van der Waals surface area (Å²) in [6.45, 7) is 4.33. The van der Waals surface area contributed by atoms with Gasteiger partial charge in [0.1, 0.15) is 6.04 Å². The molecule has 5 nitrogen and oxygen atoms in total. The lowest BCUT2D eigenvalue weighted by Crippen LogP contribution is -2.51. The Morgan fingerprint density at radius 2 is 1.96 bits per heavy atom. The lowest BCUT2D eigenvalue weighted by Gasteiger charge is -2.35. The number of hydrogen-bond donors (Lipinski definition) is 1. The molecule has 2 aromatic rings. The number of hydrogen-bond acceptors (Lipinski definition) is 3. The van der Waals surface area contributed by atoms with Crippen molar-refractivity contribution in [1.82, 2.24) is 15.2 Å². The highest BCUT2D eigenvalue weighted by Crippen LogP contribution is 2.23. The first-order valence-corrected chi connectivity index (χ1v) is 8.08. The number of rotatable bonds is 3. The normalized spacial score (nSPS) is 16.4. The molecule has 0 spiro atoms. The number of fused-ring (bicyclic) bond motifs is 1. The molecule has 2 heterocycles. The molecule has 124 valence electrons. The minimum Gasteiger partial charge on any atom is -0.350 e. The maximum Gasteiger partial charge on any atom is 0.243 e. The largest absolute Gasteiger partial charge is 0.350 e. The van der Waals surface area contributed by atoms with Gasteiger partial charge in [0.15, 0.2) is 0 Å². The molecule has 2 amide bonds. The molecule has 1 aromatic carbocycles. The van der Waals surface area contributed by atoms with E-state index in [2.05, 4.69) is 10.3 Å². The van der Waals surface area contributed by atoms with Crippen molar-refractivity contribution >= 4 is 11.8 Å². The number of nitrogens with zero attached hydrogens (tertiary/aromatic N) is 2. The third-order valence-electron chi connectivity index (χ3n) is 4.40. The van der Waals surface area contributed by atoms with Gasteiger partial charge in [-0.2, -0.15) is 0 Å². The highest BCUT2D eigenvalue weighted by molar-refractivity contribution is 5.87. The van der Waals surface area contributed by atoms with E-state index in [1.807, 2.05) is 43.3 Å². The van der Waals surface area contributed by atoms with Crippen LogP contribution in [0.15, 0.2) is 42.6 Å². The molecule has 0 saturated heterocycles. The first-order valence-electron chi connectivity index (χ1n) is 8.08. The van der Waals surface area contributed by atoms with Gasteiger partial charge in [-0.1, -0.05) is 30.3 Å². The van der Waals surface area contributed by atoms with Crippen molar-refractivity contribution in [3.05, 3.63) is 65.0 Å². The summed E-state index contributed by atoms with van der Waals surface area (Å²) < 4.78 is 0. The fourth-order valence-corrected chi connectivity index (χ4v) is 3.00. The van der Waals surface area contributed by atoms with Crippen LogP contribution in [0.3, 0.4) is 0 Å². The van der Waals surface area contributed by atoms with Gasteiger partial charge in [0.25, 0.3) is 0 Å². The average Bonchev–Trinajstić information content (AvgIpc) is 2.59. The average molecular weight is 323 g/mol. The highest BCUT2D eigenvalue weighted by atomic mass is 16.2. The SMILES string of the molecule is CC(=O)N1Cc2ccccc2C[C@H]1C(=O)NCc1ccc(C)nc1. The second-order valence-corrected chi connectivity index (χ2v) is 6.16. The number of carbonyl (C=O) groups excluding carboxylic acids is 2. The molecule has 0 aliphatic carbocycles. The molecule has 1 atom stereocenters. The van der Waals surface area contributed by atoms with Crippen molar-refractivity contribution in [2.75, 3.05) is 0 Å². The molecule has 0 saturated carbocycles. The molecule has 24 heavy (non-hydrogen) atoms. The first-order chi connectivity index (χ1) is 11.5. The van der Waals surface area contributed by atoms with Gasteiger partial charge < -0.3 is 10.2 Å². The molecule has 3 rings (SSSR count). The Balaban J connectivity index is 1.72. The Morgan fingerprint density at radius 1 is 1.21 bits per heavy atom. The zero-order chi connectivity index (χ0) is 17.1. The van der Waals surface area contributed by atoms with Gasteiger partial charge >= 0.3 is 0 Å². The molecule has 1 aliphatic rings. The van der Waals surface area contributed by atoms with Crippen LogP contribution in [0.4, 0.5) is 0 Å². The predicted octanol–water partition coefficient (Wildman–Crippen LogP) is 1.98. The van der Waals surface area contributed by atoms with Crippen LogP contribution in [-0.4, -0.2) is 27.7 Å². The van der Waals surface area contributed by atoms with Crippen LogP contribution in [0.25, 0.3) is 0 Å². The van der Waals surface area contributed by atoms with E-state index < -0.39 is 6.04 Å². The van der Waals surface area contributed by atoms with Gasteiger partial charge in [0.05, 0.1) is 0 Å². The number of amides is 2. The lowest BCUT2D eigenvalue weighted by molar-refractivity contribution is -0.140. The van der Waals surface area contributed by atoms with Gasteiger partial charge in [-0.3, -0.25) is 14.6 Å². The molecule has 0 radical (unpaired) electrons. The number of benzene rings is 1. The summed E-state index contributed by atoms with van der Waals surface area (Å²) in [4.78, 5) is 30.5. The Hall–Kier alpha value is -2.69. The number of nitrogens with one attached hydrogen (secondary N) is 1. The molecular formula is C19H21N3O2. The van der Waals surface area contributed by atoms with E-state index in [-0.39, 0.29) is 11.8 Å². The highest BCUT2D eigenvalue weighted by Gasteiger charge is 2.32. The lowest BCUT2D eigenvalue weighted by atomic mass is 9.93.